The van der Waals surface area contributed by atoms with Gasteiger partial charge in [0, 0.05) is 5.56 Å². The summed E-state index contributed by atoms with van der Waals surface area (Å²) in [7, 11) is 0. The van der Waals surface area contributed by atoms with Gasteiger partial charge in [0.15, 0.2) is 0 Å². The molecule has 2 rings (SSSR count). The molecule has 0 atom stereocenters. The molecule has 3 nitrogen and oxygen atoms in total. The maximum absolute atomic E-state index is 11.9. The molecule has 1 aromatic heterocycles. The van der Waals surface area contributed by atoms with Gasteiger partial charge in [-0.3, -0.25) is 4.79 Å². The Kier molecular flexibility index (Phi) is 3.96. The Labute approximate surface area is 116 Å². The number of benzene rings is 1. The molecule has 0 spiro atoms. The summed E-state index contributed by atoms with van der Waals surface area (Å²) in [6, 6.07) is 3.45. The third kappa shape index (κ3) is 2.82. The van der Waals surface area contributed by atoms with E-state index in [9.17, 15) is 4.79 Å². The van der Waals surface area contributed by atoms with Crippen LogP contribution in [-0.2, 0) is 0 Å². The second-order valence-electron chi connectivity index (χ2n) is 4.57. The number of aryl methyl sites for hydroxylation is 1. The second-order valence-corrected chi connectivity index (χ2v) is 4.98. The first-order valence-electron chi connectivity index (χ1n) is 5.97. The van der Waals surface area contributed by atoms with Crippen molar-refractivity contribution in [3.8, 4) is 5.75 Å². The van der Waals surface area contributed by atoms with Crippen LogP contribution in [0, 0.1) is 6.92 Å². The highest BCUT2D eigenvalue weighted by Crippen LogP contribution is 2.26. The highest BCUT2D eigenvalue weighted by Gasteiger charge is 2.11. The van der Waals surface area contributed by atoms with Crippen molar-refractivity contribution in [1.29, 1.82) is 0 Å². The van der Waals surface area contributed by atoms with Gasteiger partial charge < -0.3 is 9.15 Å². The van der Waals surface area contributed by atoms with Gasteiger partial charge in [0.05, 0.1) is 5.39 Å². The Hall–Kier alpha value is -1.74. The lowest BCUT2D eigenvalue weighted by atomic mass is 10.1. The van der Waals surface area contributed by atoms with Gasteiger partial charge in [-0.25, -0.2) is 0 Å². The molecular formula is C15H15ClO3. The van der Waals surface area contributed by atoms with Gasteiger partial charge in [-0.1, -0.05) is 17.2 Å². The molecule has 1 heterocycles. The number of rotatable bonds is 3. The van der Waals surface area contributed by atoms with Crippen LogP contribution in [0.2, 0.25) is 5.02 Å². The van der Waals surface area contributed by atoms with Crippen molar-refractivity contribution in [3.63, 3.8) is 0 Å². The quantitative estimate of drug-likeness (QED) is 0.794. The van der Waals surface area contributed by atoms with Gasteiger partial charge in [-0.15, -0.1) is 0 Å². The van der Waals surface area contributed by atoms with E-state index in [2.05, 4.69) is 0 Å². The lowest BCUT2D eigenvalue weighted by Crippen LogP contribution is -2.03. The van der Waals surface area contributed by atoms with Crippen LogP contribution in [0.4, 0.5) is 0 Å². The minimum absolute atomic E-state index is 0.0881. The molecule has 0 amide bonds. The lowest BCUT2D eigenvalue weighted by Gasteiger charge is -2.09. The van der Waals surface area contributed by atoms with Crippen LogP contribution in [0.5, 0.6) is 5.75 Å². The van der Waals surface area contributed by atoms with E-state index in [4.69, 9.17) is 20.8 Å². The number of allylic oxidation sites excluding steroid dienone is 1. The molecule has 0 unspecified atom stereocenters. The Bertz CT molecular complexity index is 694. The maximum atomic E-state index is 11.9. The third-order valence-electron chi connectivity index (χ3n) is 2.83. The first kappa shape index (κ1) is 13.7. The van der Waals surface area contributed by atoms with Crippen molar-refractivity contribution >= 4 is 22.6 Å². The molecule has 0 saturated carbocycles. The maximum Gasteiger partial charge on any atom is 0.211 e. The van der Waals surface area contributed by atoms with Crippen molar-refractivity contribution in [3.05, 3.63) is 50.9 Å². The molecule has 0 saturated heterocycles. The molecule has 0 bridgehead atoms. The topological polar surface area (TPSA) is 39.4 Å². The second kappa shape index (κ2) is 5.49. The summed E-state index contributed by atoms with van der Waals surface area (Å²) >= 11 is 5.75. The molecule has 0 fully saturated rings. The largest absolute Gasteiger partial charge is 0.489 e. The lowest BCUT2D eigenvalue weighted by molar-refractivity contribution is 0.359. The average Bonchev–Trinajstić information content (AvgIpc) is 2.36. The van der Waals surface area contributed by atoms with Gasteiger partial charge in [0.2, 0.25) is 5.43 Å². The number of ether oxygens (including phenoxy) is 1. The van der Waals surface area contributed by atoms with E-state index in [-0.39, 0.29) is 10.5 Å². The van der Waals surface area contributed by atoms with Crippen LogP contribution in [0.25, 0.3) is 11.0 Å². The fraction of sp³-hybridized carbons (Fsp3) is 0.267. The molecule has 1 aromatic carbocycles. The molecule has 0 radical (unpaired) electrons. The first-order valence-corrected chi connectivity index (χ1v) is 6.35. The minimum Gasteiger partial charge on any atom is -0.489 e. The van der Waals surface area contributed by atoms with Gasteiger partial charge in [0.25, 0.3) is 0 Å². The minimum atomic E-state index is -0.220. The Morgan fingerprint density at radius 2 is 2.16 bits per heavy atom. The van der Waals surface area contributed by atoms with Gasteiger partial charge in [-0.05, 0) is 39.0 Å². The number of fused-ring (bicyclic) bond motifs is 1. The first-order chi connectivity index (χ1) is 9.00. The van der Waals surface area contributed by atoms with Crippen molar-refractivity contribution in [2.45, 2.75) is 20.8 Å². The van der Waals surface area contributed by atoms with Crippen LogP contribution < -0.4 is 10.2 Å². The molecule has 0 aliphatic heterocycles. The van der Waals surface area contributed by atoms with Crippen molar-refractivity contribution in [2.24, 2.45) is 0 Å². The molecule has 4 heteroatoms. The monoisotopic (exact) mass is 278 g/mol. The molecule has 19 heavy (non-hydrogen) atoms. The molecule has 100 valence electrons. The van der Waals surface area contributed by atoms with Crippen LogP contribution in [0.15, 0.2) is 39.3 Å². The third-order valence-corrected chi connectivity index (χ3v) is 3.09. The fourth-order valence-electron chi connectivity index (χ4n) is 1.75. The molecular weight excluding hydrogens is 264 g/mol. The van der Waals surface area contributed by atoms with E-state index in [1.807, 2.05) is 26.8 Å². The summed E-state index contributed by atoms with van der Waals surface area (Å²) in [6.45, 7) is 6.37. The summed E-state index contributed by atoms with van der Waals surface area (Å²) in [5.74, 6) is 0.704. The van der Waals surface area contributed by atoms with Gasteiger partial charge >= 0.3 is 0 Å². The normalized spacial score (nSPS) is 10.5. The van der Waals surface area contributed by atoms with E-state index < -0.39 is 0 Å². The molecule has 0 aliphatic rings. The van der Waals surface area contributed by atoms with Crippen LogP contribution in [0.1, 0.15) is 19.4 Å². The van der Waals surface area contributed by atoms with Gasteiger partial charge in [-0.2, -0.15) is 0 Å². The smallest absolute Gasteiger partial charge is 0.211 e. The van der Waals surface area contributed by atoms with E-state index in [1.54, 1.807) is 12.1 Å². The van der Waals surface area contributed by atoms with Crippen LogP contribution >= 0.6 is 11.6 Å². The summed E-state index contributed by atoms with van der Waals surface area (Å²) < 4.78 is 11.0. The zero-order chi connectivity index (χ0) is 14.0. The fourth-order valence-corrected chi connectivity index (χ4v) is 1.90. The van der Waals surface area contributed by atoms with Crippen molar-refractivity contribution in [2.75, 3.05) is 6.61 Å². The zero-order valence-corrected chi connectivity index (χ0v) is 11.9. The SMILES string of the molecule is CC(C)=CCOc1ccc2c(=O)c(Cl)coc2c1C. The Morgan fingerprint density at radius 3 is 2.84 bits per heavy atom. The molecule has 0 aliphatic carbocycles. The van der Waals surface area contributed by atoms with Crippen LogP contribution in [0.3, 0.4) is 0 Å². The average molecular weight is 279 g/mol. The zero-order valence-electron chi connectivity index (χ0n) is 11.1. The Morgan fingerprint density at radius 1 is 1.42 bits per heavy atom. The number of hydrogen-bond donors (Lipinski definition) is 0. The predicted molar refractivity (Wildman–Crippen MR) is 77.2 cm³/mol. The molecule has 2 aromatic rings. The van der Waals surface area contributed by atoms with Crippen LogP contribution in [-0.4, -0.2) is 6.61 Å². The van der Waals surface area contributed by atoms with Gasteiger partial charge in [0.1, 0.15) is 29.2 Å². The standard InChI is InChI=1S/C15H15ClO3/c1-9(2)6-7-18-13-5-4-11-14(17)12(16)8-19-15(11)10(13)3/h4-6,8H,7H2,1-3H3. The summed E-state index contributed by atoms with van der Waals surface area (Å²) in [5, 5.41) is 0.560. The summed E-state index contributed by atoms with van der Waals surface area (Å²) in [6.07, 6.45) is 3.25. The van der Waals surface area contributed by atoms with E-state index in [1.165, 1.54) is 11.8 Å². The summed E-state index contributed by atoms with van der Waals surface area (Å²) in [4.78, 5) is 11.9. The van der Waals surface area contributed by atoms with E-state index >= 15 is 0 Å². The highest BCUT2D eigenvalue weighted by molar-refractivity contribution is 6.30. The summed E-state index contributed by atoms with van der Waals surface area (Å²) in [5.41, 5.74) is 2.29. The van der Waals surface area contributed by atoms with E-state index in [0.29, 0.717) is 23.3 Å². The van der Waals surface area contributed by atoms with Crippen molar-refractivity contribution < 1.29 is 9.15 Å². The number of hydrogen-bond acceptors (Lipinski definition) is 3. The Balaban J connectivity index is 2.44. The number of halogens is 1. The van der Waals surface area contributed by atoms with Crippen molar-refractivity contribution in [1.82, 2.24) is 0 Å². The van der Waals surface area contributed by atoms with E-state index in [0.717, 1.165) is 5.56 Å². The molecule has 0 N–H and O–H groups in total. The predicted octanol–water partition coefficient (Wildman–Crippen LogP) is 4.10. The highest BCUT2D eigenvalue weighted by atomic mass is 35.5.